The minimum absolute atomic E-state index is 0.115. The van der Waals surface area contributed by atoms with Crippen LogP contribution in [0.3, 0.4) is 0 Å². The number of benzene rings is 1. The predicted octanol–water partition coefficient (Wildman–Crippen LogP) is 2.94. The van der Waals surface area contributed by atoms with Crippen LogP contribution in [0.25, 0.3) is 0 Å². The van der Waals surface area contributed by atoms with Crippen molar-refractivity contribution in [2.45, 2.75) is 0 Å². The number of amides is 2. The fraction of sp³-hybridized carbons (Fsp3) is 0.316. The standard InChI is InChI=1S/C19H20Cl2N4O3/c1-24(12-17(26)23-13-4-5-15(20)16(21)11-13)19(27)14-3-2-6-22-18(14)25-7-9-28-10-8-25/h2-6,11H,7-10,12H2,1H3,(H,23,26). The first-order valence-corrected chi connectivity index (χ1v) is 9.49. The van der Waals surface area contributed by atoms with E-state index >= 15 is 0 Å². The van der Waals surface area contributed by atoms with E-state index in [-0.39, 0.29) is 18.4 Å². The topological polar surface area (TPSA) is 74.8 Å². The van der Waals surface area contributed by atoms with Gasteiger partial charge in [-0.05, 0) is 30.3 Å². The number of hydrogen-bond acceptors (Lipinski definition) is 5. The summed E-state index contributed by atoms with van der Waals surface area (Å²) < 4.78 is 5.36. The summed E-state index contributed by atoms with van der Waals surface area (Å²) >= 11 is 11.8. The summed E-state index contributed by atoms with van der Waals surface area (Å²) in [6.45, 7) is 2.40. The van der Waals surface area contributed by atoms with Crippen molar-refractivity contribution < 1.29 is 14.3 Å². The van der Waals surface area contributed by atoms with Crippen LogP contribution >= 0.6 is 23.2 Å². The van der Waals surface area contributed by atoms with Crippen LogP contribution in [0, 0.1) is 0 Å². The van der Waals surface area contributed by atoms with Crippen molar-refractivity contribution in [3.8, 4) is 0 Å². The molecule has 0 bridgehead atoms. The van der Waals surface area contributed by atoms with Crippen LogP contribution in [0.4, 0.5) is 11.5 Å². The summed E-state index contributed by atoms with van der Waals surface area (Å²) in [6, 6.07) is 8.22. The Hall–Kier alpha value is -2.35. The van der Waals surface area contributed by atoms with Crippen molar-refractivity contribution in [3.05, 3.63) is 52.1 Å². The number of morpholine rings is 1. The summed E-state index contributed by atoms with van der Waals surface area (Å²) in [5, 5.41) is 3.45. The number of halogens is 2. The molecular weight excluding hydrogens is 403 g/mol. The van der Waals surface area contributed by atoms with Crippen LogP contribution in [0.1, 0.15) is 10.4 Å². The SMILES string of the molecule is CN(CC(=O)Nc1ccc(Cl)c(Cl)c1)C(=O)c1cccnc1N1CCOCC1. The van der Waals surface area contributed by atoms with Crippen LogP contribution in [0.15, 0.2) is 36.5 Å². The summed E-state index contributed by atoms with van der Waals surface area (Å²) in [4.78, 5) is 33.0. The highest BCUT2D eigenvalue weighted by molar-refractivity contribution is 6.42. The van der Waals surface area contributed by atoms with Crippen molar-refractivity contribution in [2.24, 2.45) is 0 Å². The first-order chi connectivity index (χ1) is 13.5. The minimum atomic E-state index is -0.342. The van der Waals surface area contributed by atoms with E-state index in [1.807, 2.05) is 4.90 Å². The molecule has 1 aromatic heterocycles. The van der Waals surface area contributed by atoms with Crippen molar-refractivity contribution in [2.75, 3.05) is 50.1 Å². The lowest BCUT2D eigenvalue weighted by Gasteiger charge is -2.29. The van der Waals surface area contributed by atoms with Crippen LogP contribution < -0.4 is 10.2 Å². The third kappa shape index (κ3) is 4.92. The summed E-state index contributed by atoms with van der Waals surface area (Å²) in [7, 11) is 1.58. The van der Waals surface area contributed by atoms with Gasteiger partial charge in [0.25, 0.3) is 5.91 Å². The van der Waals surface area contributed by atoms with Gasteiger partial charge < -0.3 is 19.9 Å². The predicted molar refractivity (Wildman–Crippen MR) is 109 cm³/mol. The van der Waals surface area contributed by atoms with Crippen LogP contribution in [-0.2, 0) is 9.53 Å². The van der Waals surface area contributed by atoms with Crippen molar-refractivity contribution in [3.63, 3.8) is 0 Å². The van der Waals surface area contributed by atoms with E-state index in [9.17, 15) is 9.59 Å². The number of anilines is 2. The van der Waals surface area contributed by atoms with E-state index in [0.29, 0.717) is 53.4 Å². The highest BCUT2D eigenvalue weighted by Crippen LogP contribution is 2.25. The quantitative estimate of drug-likeness (QED) is 0.801. The van der Waals surface area contributed by atoms with E-state index in [1.165, 1.54) is 4.90 Å². The second-order valence-electron chi connectivity index (χ2n) is 6.31. The average molecular weight is 423 g/mol. The van der Waals surface area contributed by atoms with Crippen LogP contribution in [0.5, 0.6) is 0 Å². The molecule has 1 N–H and O–H groups in total. The molecule has 0 saturated carbocycles. The number of likely N-dealkylation sites (N-methyl/N-ethyl adjacent to an activating group) is 1. The first kappa shape index (κ1) is 20.4. The highest BCUT2D eigenvalue weighted by Gasteiger charge is 2.23. The van der Waals surface area contributed by atoms with Gasteiger partial charge in [-0.1, -0.05) is 23.2 Å². The normalized spacial score (nSPS) is 13.9. The highest BCUT2D eigenvalue weighted by atomic mass is 35.5. The van der Waals surface area contributed by atoms with Gasteiger partial charge in [0.05, 0.1) is 35.4 Å². The van der Waals surface area contributed by atoms with Gasteiger partial charge in [-0.3, -0.25) is 9.59 Å². The maximum Gasteiger partial charge on any atom is 0.257 e. The average Bonchev–Trinajstić information content (AvgIpc) is 2.70. The monoisotopic (exact) mass is 422 g/mol. The number of carbonyl (C=O) groups excluding carboxylic acids is 2. The third-order valence-electron chi connectivity index (χ3n) is 4.26. The molecule has 148 valence electrons. The number of pyridine rings is 1. The molecule has 1 aliphatic heterocycles. The van der Waals surface area contributed by atoms with Gasteiger partial charge >= 0.3 is 0 Å². The molecule has 9 heteroatoms. The Morgan fingerprint density at radius 3 is 2.68 bits per heavy atom. The molecule has 28 heavy (non-hydrogen) atoms. The van der Waals surface area contributed by atoms with Gasteiger partial charge in [0.2, 0.25) is 5.91 Å². The molecule has 7 nitrogen and oxygen atoms in total. The smallest absolute Gasteiger partial charge is 0.257 e. The van der Waals surface area contributed by atoms with Crippen molar-refractivity contribution in [1.29, 1.82) is 0 Å². The van der Waals surface area contributed by atoms with Gasteiger partial charge in [-0.25, -0.2) is 4.98 Å². The van der Waals surface area contributed by atoms with E-state index in [0.717, 1.165) is 0 Å². The number of ether oxygens (including phenoxy) is 1. The largest absolute Gasteiger partial charge is 0.378 e. The van der Waals surface area contributed by atoms with Gasteiger partial charge in [-0.2, -0.15) is 0 Å². The number of rotatable bonds is 5. The van der Waals surface area contributed by atoms with Gasteiger partial charge in [0.15, 0.2) is 0 Å². The molecule has 1 aromatic carbocycles. The fourth-order valence-corrected chi connectivity index (χ4v) is 3.16. The molecule has 2 aromatic rings. The molecule has 3 rings (SSSR count). The first-order valence-electron chi connectivity index (χ1n) is 8.74. The minimum Gasteiger partial charge on any atom is -0.378 e. The lowest BCUT2D eigenvalue weighted by molar-refractivity contribution is -0.116. The Kier molecular flexibility index (Phi) is 6.72. The fourth-order valence-electron chi connectivity index (χ4n) is 2.86. The Bertz CT molecular complexity index is 872. The molecule has 0 unspecified atom stereocenters. The lowest BCUT2D eigenvalue weighted by atomic mass is 10.2. The van der Waals surface area contributed by atoms with E-state index in [2.05, 4.69) is 10.3 Å². The van der Waals surface area contributed by atoms with E-state index in [1.54, 1.807) is 43.6 Å². The van der Waals surface area contributed by atoms with Crippen molar-refractivity contribution in [1.82, 2.24) is 9.88 Å². The second-order valence-corrected chi connectivity index (χ2v) is 7.13. The van der Waals surface area contributed by atoms with Crippen LogP contribution in [0.2, 0.25) is 10.0 Å². The van der Waals surface area contributed by atoms with E-state index in [4.69, 9.17) is 27.9 Å². The molecule has 0 aliphatic carbocycles. The molecule has 1 fully saturated rings. The Morgan fingerprint density at radius 1 is 1.21 bits per heavy atom. The summed E-state index contributed by atoms with van der Waals surface area (Å²) in [5.41, 5.74) is 0.963. The molecular formula is C19H20Cl2N4O3. The van der Waals surface area contributed by atoms with Crippen LogP contribution in [-0.4, -0.2) is 61.6 Å². The van der Waals surface area contributed by atoms with Gasteiger partial charge in [0.1, 0.15) is 5.82 Å². The Balaban J connectivity index is 1.67. The molecule has 1 aliphatic rings. The number of aromatic nitrogens is 1. The Labute approximate surface area is 173 Å². The second kappa shape index (κ2) is 9.23. The molecule has 0 spiro atoms. The third-order valence-corrected chi connectivity index (χ3v) is 5.00. The maximum atomic E-state index is 12.9. The molecule has 1 saturated heterocycles. The zero-order valence-corrected chi connectivity index (χ0v) is 16.8. The summed E-state index contributed by atoms with van der Waals surface area (Å²) in [5.74, 6) is -0.0162. The zero-order valence-electron chi connectivity index (χ0n) is 15.3. The molecule has 0 atom stereocenters. The molecule has 0 radical (unpaired) electrons. The van der Waals surface area contributed by atoms with Gasteiger partial charge in [-0.15, -0.1) is 0 Å². The zero-order chi connectivity index (χ0) is 20.1. The van der Waals surface area contributed by atoms with Gasteiger partial charge in [0, 0.05) is 32.0 Å². The Morgan fingerprint density at radius 2 is 1.96 bits per heavy atom. The molecule has 2 amide bonds. The van der Waals surface area contributed by atoms with Crippen molar-refractivity contribution >= 4 is 46.5 Å². The maximum absolute atomic E-state index is 12.9. The van der Waals surface area contributed by atoms with E-state index < -0.39 is 0 Å². The number of hydrogen-bond donors (Lipinski definition) is 1. The number of nitrogens with zero attached hydrogens (tertiary/aromatic N) is 3. The number of nitrogens with one attached hydrogen (secondary N) is 1. The summed E-state index contributed by atoms with van der Waals surface area (Å²) in [6.07, 6.45) is 1.65. The lowest BCUT2D eigenvalue weighted by Crippen LogP contribution is -2.40. The number of carbonyl (C=O) groups is 2. The molecule has 2 heterocycles.